The van der Waals surface area contributed by atoms with Crippen LogP contribution in [0, 0.1) is 25.5 Å². The molecule has 0 fully saturated rings. The van der Waals surface area contributed by atoms with E-state index in [9.17, 15) is 13.6 Å². The molecule has 0 unspecified atom stereocenters. The van der Waals surface area contributed by atoms with E-state index in [-0.39, 0.29) is 5.75 Å². The number of hydrogen-bond donors (Lipinski definition) is 0. The normalized spacial score (nSPS) is 10.3. The summed E-state index contributed by atoms with van der Waals surface area (Å²) in [5.41, 5.74) is 1.12. The maximum absolute atomic E-state index is 13.4. The smallest absolute Gasteiger partial charge is 0.349 e. The van der Waals surface area contributed by atoms with E-state index in [0.29, 0.717) is 0 Å². The zero-order chi connectivity index (χ0) is 14.0. The molecule has 19 heavy (non-hydrogen) atoms. The zero-order valence-electron chi connectivity index (χ0n) is 10.5. The SMILES string of the molecule is Cc1cc(C)cc(OC(=O)c2c(F)cccc2F)c1. The molecule has 0 radical (unpaired) electrons. The van der Waals surface area contributed by atoms with Crippen molar-refractivity contribution in [3.8, 4) is 5.75 Å². The molecule has 0 aromatic heterocycles. The first-order valence-corrected chi connectivity index (χ1v) is 5.72. The molecule has 0 aliphatic rings. The molecule has 2 rings (SSSR count). The largest absolute Gasteiger partial charge is 0.423 e. The molecule has 0 N–H and O–H groups in total. The lowest BCUT2D eigenvalue weighted by atomic mass is 10.1. The van der Waals surface area contributed by atoms with Crippen LogP contribution in [0.3, 0.4) is 0 Å². The topological polar surface area (TPSA) is 26.3 Å². The van der Waals surface area contributed by atoms with Crippen LogP contribution in [0.5, 0.6) is 5.75 Å². The molecule has 98 valence electrons. The van der Waals surface area contributed by atoms with Gasteiger partial charge < -0.3 is 4.74 Å². The number of ether oxygens (including phenoxy) is 1. The molecule has 0 saturated heterocycles. The molecule has 0 aliphatic heterocycles. The minimum atomic E-state index is -1.04. The Labute approximate surface area is 109 Å². The van der Waals surface area contributed by atoms with Gasteiger partial charge in [0.1, 0.15) is 22.9 Å². The molecule has 0 bridgehead atoms. The van der Waals surface area contributed by atoms with Gasteiger partial charge in [0.15, 0.2) is 0 Å². The summed E-state index contributed by atoms with van der Waals surface area (Å²) in [6.45, 7) is 3.68. The minimum absolute atomic E-state index is 0.269. The van der Waals surface area contributed by atoms with Gasteiger partial charge in [0, 0.05) is 0 Å². The molecule has 0 amide bonds. The van der Waals surface area contributed by atoms with Crippen molar-refractivity contribution < 1.29 is 18.3 Å². The van der Waals surface area contributed by atoms with E-state index in [2.05, 4.69) is 0 Å². The van der Waals surface area contributed by atoms with Crippen molar-refractivity contribution in [1.82, 2.24) is 0 Å². The van der Waals surface area contributed by atoms with Crippen LogP contribution in [-0.4, -0.2) is 5.97 Å². The Morgan fingerprint density at radius 3 is 2.05 bits per heavy atom. The van der Waals surface area contributed by atoms with Gasteiger partial charge in [0.25, 0.3) is 0 Å². The zero-order valence-corrected chi connectivity index (χ0v) is 10.5. The van der Waals surface area contributed by atoms with Crippen molar-refractivity contribution in [2.45, 2.75) is 13.8 Å². The van der Waals surface area contributed by atoms with Crippen molar-refractivity contribution in [3.63, 3.8) is 0 Å². The Kier molecular flexibility index (Phi) is 3.60. The molecule has 4 heteroatoms. The summed E-state index contributed by atoms with van der Waals surface area (Å²) in [5, 5.41) is 0. The van der Waals surface area contributed by atoms with E-state index >= 15 is 0 Å². The van der Waals surface area contributed by atoms with Crippen molar-refractivity contribution in [2.75, 3.05) is 0 Å². The summed E-state index contributed by atoms with van der Waals surface area (Å²) in [6.07, 6.45) is 0. The molecule has 0 aliphatic carbocycles. The second kappa shape index (κ2) is 5.18. The van der Waals surface area contributed by atoms with Crippen LogP contribution in [-0.2, 0) is 0 Å². The summed E-state index contributed by atoms with van der Waals surface area (Å²) in [7, 11) is 0. The van der Waals surface area contributed by atoms with E-state index in [1.165, 1.54) is 6.07 Å². The molecule has 0 atom stereocenters. The van der Waals surface area contributed by atoms with E-state index < -0.39 is 23.2 Å². The second-order valence-electron chi connectivity index (χ2n) is 4.31. The van der Waals surface area contributed by atoms with Gasteiger partial charge in [-0.05, 0) is 49.2 Å². The second-order valence-corrected chi connectivity index (χ2v) is 4.31. The van der Waals surface area contributed by atoms with E-state index in [1.807, 2.05) is 19.9 Å². The molecule has 2 nitrogen and oxygen atoms in total. The first-order valence-electron chi connectivity index (χ1n) is 5.72. The van der Waals surface area contributed by atoms with E-state index in [1.54, 1.807) is 12.1 Å². The monoisotopic (exact) mass is 262 g/mol. The predicted molar refractivity (Wildman–Crippen MR) is 67.2 cm³/mol. The van der Waals surface area contributed by atoms with Crippen LogP contribution in [0.1, 0.15) is 21.5 Å². The number of aryl methyl sites for hydroxylation is 2. The number of rotatable bonds is 2. The average molecular weight is 262 g/mol. The molecule has 0 saturated carbocycles. The number of carbonyl (C=O) groups excluding carboxylic acids is 1. The maximum Gasteiger partial charge on any atom is 0.349 e. The van der Waals surface area contributed by atoms with Crippen molar-refractivity contribution in [1.29, 1.82) is 0 Å². The highest BCUT2D eigenvalue weighted by molar-refractivity contribution is 5.91. The third-order valence-electron chi connectivity index (χ3n) is 2.57. The summed E-state index contributed by atoms with van der Waals surface area (Å²) < 4.78 is 31.8. The Balaban J connectivity index is 2.31. The fourth-order valence-corrected chi connectivity index (χ4v) is 1.84. The first-order chi connectivity index (χ1) is 8.97. The predicted octanol–water partition coefficient (Wildman–Crippen LogP) is 3.80. The van der Waals surface area contributed by atoms with Gasteiger partial charge in [-0.15, -0.1) is 0 Å². The quantitative estimate of drug-likeness (QED) is 0.607. The van der Waals surface area contributed by atoms with Crippen molar-refractivity contribution >= 4 is 5.97 Å². The summed E-state index contributed by atoms with van der Waals surface area (Å²) >= 11 is 0. The maximum atomic E-state index is 13.4. The average Bonchev–Trinajstić information content (AvgIpc) is 2.26. The third-order valence-corrected chi connectivity index (χ3v) is 2.57. The molecule has 0 heterocycles. The van der Waals surface area contributed by atoms with Crippen molar-refractivity contribution in [2.24, 2.45) is 0 Å². The molecule has 2 aromatic rings. The molecular formula is C15H12F2O2. The van der Waals surface area contributed by atoms with Crippen LogP contribution in [0.15, 0.2) is 36.4 Å². The Bertz CT molecular complexity index is 596. The van der Waals surface area contributed by atoms with Crippen LogP contribution in [0.4, 0.5) is 8.78 Å². The number of carbonyl (C=O) groups is 1. The lowest BCUT2D eigenvalue weighted by molar-refractivity contribution is 0.0724. The Morgan fingerprint density at radius 1 is 1.00 bits per heavy atom. The van der Waals surface area contributed by atoms with Crippen LogP contribution < -0.4 is 4.74 Å². The number of hydrogen-bond acceptors (Lipinski definition) is 2. The van der Waals surface area contributed by atoms with Gasteiger partial charge in [0.05, 0.1) is 0 Å². The van der Waals surface area contributed by atoms with Crippen LogP contribution >= 0.6 is 0 Å². The lowest BCUT2D eigenvalue weighted by Gasteiger charge is -2.07. The molecule has 2 aromatic carbocycles. The molecular weight excluding hydrogens is 250 g/mol. The Hall–Kier alpha value is -2.23. The van der Waals surface area contributed by atoms with E-state index in [4.69, 9.17) is 4.74 Å². The fourth-order valence-electron chi connectivity index (χ4n) is 1.84. The highest BCUT2D eigenvalue weighted by Gasteiger charge is 2.19. The first kappa shape index (κ1) is 13.2. The number of esters is 1. The number of halogens is 2. The fraction of sp³-hybridized carbons (Fsp3) is 0.133. The van der Waals surface area contributed by atoms with Crippen molar-refractivity contribution in [3.05, 3.63) is 64.7 Å². The summed E-state index contributed by atoms with van der Waals surface area (Å²) in [4.78, 5) is 11.8. The van der Waals surface area contributed by atoms with Gasteiger partial charge in [-0.3, -0.25) is 0 Å². The van der Waals surface area contributed by atoms with Gasteiger partial charge in [0.2, 0.25) is 0 Å². The summed E-state index contributed by atoms with van der Waals surface area (Å²) in [5.74, 6) is -2.64. The number of benzene rings is 2. The van der Waals surface area contributed by atoms with Crippen LogP contribution in [0.25, 0.3) is 0 Å². The minimum Gasteiger partial charge on any atom is -0.423 e. The highest BCUT2D eigenvalue weighted by Crippen LogP contribution is 2.19. The summed E-state index contributed by atoms with van der Waals surface area (Å²) in [6, 6.07) is 8.38. The van der Waals surface area contributed by atoms with Crippen LogP contribution in [0.2, 0.25) is 0 Å². The Morgan fingerprint density at radius 2 is 1.53 bits per heavy atom. The molecule has 0 spiro atoms. The standard InChI is InChI=1S/C15H12F2O2/c1-9-6-10(2)8-11(7-9)19-15(18)14-12(16)4-3-5-13(14)17/h3-8H,1-2H3. The van der Waals surface area contributed by atoms with E-state index in [0.717, 1.165) is 23.3 Å². The lowest BCUT2D eigenvalue weighted by Crippen LogP contribution is -2.13. The highest BCUT2D eigenvalue weighted by atomic mass is 19.1. The van der Waals surface area contributed by atoms with Gasteiger partial charge >= 0.3 is 5.97 Å². The van der Waals surface area contributed by atoms with Gasteiger partial charge in [-0.2, -0.15) is 0 Å². The van der Waals surface area contributed by atoms with Gasteiger partial charge in [-0.1, -0.05) is 12.1 Å². The van der Waals surface area contributed by atoms with Gasteiger partial charge in [-0.25, -0.2) is 13.6 Å². The third kappa shape index (κ3) is 2.96.